The number of benzene rings is 1. The topological polar surface area (TPSA) is 29.5 Å². The number of nitrogens with zero attached hydrogens (tertiary/aromatic N) is 1. The molecule has 0 N–H and O–H groups in total. The van der Waals surface area contributed by atoms with Crippen molar-refractivity contribution in [2.75, 3.05) is 6.54 Å². The maximum atomic E-state index is 13.0. The van der Waals surface area contributed by atoms with Crippen molar-refractivity contribution in [3.05, 3.63) is 29.8 Å². The summed E-state index contributed by atoms with van der Waals surface area (Å²) in [6.45, 7) is -0.0899. The summed E-state index contributed by atoms with van der Waals surface area (Å²) < 4.78 is 79.2. The predicted octanol–water partition coefficient (Wildman–Crippen LogP) is 4.14. The number of hydrogen-bond acceptors (Lipinski definition) is 2. The van der Waals surface area contributed by atoms with Gasteiger partial charge in [-0.3, -0.25) is 4.79 Å². The van der Waals surface area contributed by atoms with Gasteiger partial charge in [-0.1, -0.05) is 6.07 Å². The Balaban J connectivity index is 2.23. The molecule has 2 rings (SSSR count). The summed E-state index contributed by atoms with van der Waals surface area (Å²) in [6.07, 6.45) is -8.98. The van der Waals surface area contributed by atoms with Crippen LogP contribution in [0.25, 0.3) is 0 Å². The number of carbonyl (C=O) groups excluding carboxylic acids is 1. The minimum atomic E-state index is -4.94. The molecular weight excluding hydrogens is 328 g/mol. The molecule has 1 fully saturated rings. The van der Waals surface area contributed by atoms with Crippen LogP contribution in [0, 0.1) is 0 Å². The number of carbonyl (C=O) groups is 1. The molecule has 1 unspecified atom stereocenters. The minimum Gasteiger partial charge on any atom is -0.406 e. The minimum absolute atomic E-state index is 0.0899. The average Bonchev–Trinajstić information content (AvgIpc) is 2.44. The van der Waals surface area contributed by atoms with Crippen LogP contribution in [0.1, 0.15) is 29.6 Å². The van der Waals surface area contributed by atoms with Gasteiger partial charge in [0.1, 0.15) is 11.8 Å². The van der Waals surface area contributed by atoms with Crippen LogP contribution < -0.4 is 4.74 Å². The standard InChI is InChI=1S/C14H13F6NO2/c15-13(16,17)11-6-1-2-7-21(11)12(22)9-4-3-5-10(8-9)23-14(18,19)20/h3-5,8,11H,1-2,6-7H2. The van der Waals surface area contributed by atoms with E-state index >= 15 is 0 Å². The van der Waals surface area contributed by atoms with Gasteiger partial charge in [0.25, 0.3) is 5.91 Å². The fourth-order valence-electron chi connectivity index (χ4n) is 2.51. The summed E-state index contributed by atoms with van der Waals surface area (Å²) >= 11 is 0. The van der Waals surface area contributed by atoms with Crippen LogP contribution in [0.15, 0.2) is 24.3 Å². The molecule has 1 aliphatic rings. The number of alkyl halides is 6. The van der Waals surface area contributed by atoms with Crippen LogP contribution in [0.5, 0.6) is 5.75 Å². The third kappa shape index (κ3) is 4.52. The van der Waals surface area contributed by atoms with Crippen molar-refractivity contribution < 1.29 is 35.9 Å². The van der Waals surface area contributed by atoms with E-state index in [2.05, 4.69) is 4.74 Å². The average molecular weight is 341 g/mol. The first-order chi connectivity index (χ1) is 10.6. The molecule has 0 radical (unpaired) electrons. The fourth-order valence-corrected chi connectivity index (χ4v) is 2.51. The maximum Gasteiger partial charge on any atom is 0.573 e. The molecule has 3 nitrogen and oxygen atoms in total. The van der Waals surface area contributed by atoms with Gasteiger partial charge >= 0.3 is 12.5 Å². The summed E-state index contributed by atoms with van der Waals surface area (Å²) in [5.74, 6) is -1.61. The van der Waals surface area contributed by atoms with E-state index in [9.17, 15) is 31.1 Å². The van der Waals surface area contributed by atoms with Gasteiger partial charge in [0.15, 0.2) is 0 Å². The number of rotatable bonds is 2. The summed E-state index contributed by atoms with van der Waals surface area (Å²) in [5.41, 5.74) is -0.275. The Labute approximate surface area is 127 Å². The van der Waals surface area contributed by atoms with Gasteiger partial charge in [0.05, 0.1) is 0 Å². The van der Waals surface area contributed by atoms with Crippen molar-refractivity contribution in [3.63, 3.8) is 0 Å². The molecule has 1 atom stereocenters. The monoisotopic (exact) mass is 341 g/mol. The van der Waals surface area contributed by atoms with Gasteiger partial charge in [0.2, 0.25) is 0 Å². The molecule has 1 amide bonds. The molecule has 23 heavy (non-hydrogen) atoms. The van der Waals surface area contributed by atoms with E-state index in [1.165, 1.54) is 0 Å². The number of piperidine rings is 1. The van der Waals surface area contributed by atoms with Gasteiger partial charge in [0, 0.05) is 12.1 Å². The Bertz CT molecular complexity index is 569. The lowest BCUT2D eigenvalue weighted by Crippen LogP contribution is -2.51. The summed E-state index contributed by atoms with van der Waals surface area (Å²) in [6, 6.07) is 2.13. The van der Waals surface area contributed by atoms with E-state index < -0.39 is 30.2 Å². The van der Waals surface area contributed by atoms with Crippen molar-refractivity contribution in [1.82, 2.24) is 4.90 Å². The molecule has 1 aromatic rings. The SMILES string of the molecule is O=C(c1cccc(OC(F)(F)F)c1)N1CCCCC1C(F)(F)F. The molecule has 0 aliphatic carbocycles. The van der Waals surface area contributed by atoms with Crippen LogP contribution in [-0.4, -0.2) is 35.9 Å². The molecule has 9 heteroatoms. The van der Waals surface area contributed by atoms with Gasteiger partial charge in [-0.2, -0.15) is 13.2 Å². The highest BCUT2D eigenvalue weighted by molar-refractivity contribution is 5.95. The smallest absolute Gasteiger partial charge is 0.406 e. The normalized spacial score (nSPS) is 19.6. The van der Waals surface area contributed by atoms with Crippen molar-refractivity contribution in [3.8, 4) is 5.75 Å². The van der Waals surface area contributed by atoms with Crippen LogP contribution in [0.3, 0.4) is 0 Å². The zero-order chi connectivity index (χ0) is 17.3. The molecule has 1 heterocycles. The molecule has 128 valence electrons. The molecule has 0 bridgehead atoms. The highest BCUT2D eigenvalue weighted by Gasteiger charge is 2.46. The summed E-state index contributed by atoms with van der Waals surface area (Å²) in [4.78, 5) is 12.9. The molecule has 1 saturated heterocycles. The Morgan fingerprint density at radius 2 is 1.83 bits per heavy atom. The molecule has 1 aliphatic heterocycles. The first-order valence-corrected chi connectivity index (χ1v) is 6.81. The second-order valence-electron chi connectivity index (χ2n) is 5.13. The van der Waals surface area contributed by atoms with Crippen LogP contribution in [0.4, 0.5) is 26.3 Å². The van der Waals surface area contributed by atoms with Gasteiger partial charge < -0.3 is 9.64 Å². The molecular formula is C14H13F6NO2. The van der Waals surface area contributed by atoms with E-state index in [-0.39, 0.29) is 18.5 Å². The van der Waals surface area contributed by atoms with Gasteiger partial charge in [-0.25, -0.2) is 0 Å². The van der Waals surface area contributed by atoms with E-state index in [1.54, 1.807) is 0 Å². The number of ether oxygens (including phenoxy) is 1. The zero-order valence-electron chi connectivity index (χ0n) is 11.7. The first-order valence-electron chi connectivity index (χ1n) is 6.81. The number of halogens is 6. The fraction of sp³-hybridized carbons (Fsp3) is 0.500. The number of hydrogen-bond donors (Lipinski definition) is 0. The third-order valence-electron chi connectivity index (χ3n) is 3.46. The van der Waals surface area contributed by atoms with E-state index in [4.69, 9.17) is 0 Å². The van der Waals surface area contributed by atoms with Crippen molar-refractivity contribution >= 4 is 5.91 Å². The third-order valence-corrected chi connectivity index (χ3v) is 3.46. The lowest BCUT2D eigenvalue weighted by molar-refractivity contribution is -0.274. The molecule has 0 saturated carbocycles. The largest absolute Gasteiger partial charge is 0.573 e. The summed E-state index contributed by atoms with van der Waals surface area (Å²) in [7, 11) is 0. The van der Waals surface area contributed by atoms with Crippen LogP contribution >= 0.6 is 0 Å². The van der Waals surface area contributed by atoms with Gasteiger partial charge in [-0.15, -0.1) is 13.2 Å². The molecule has 0 spiro atoms. The predicted molar refractivity (Wildman–Crippen MR) is 67.9 cm³/mol. The Kier molecular flexibility index (Phi) is 4.76. The maximum absolute atomic E-state index is 13.0. The van der Waals surface area contributed by atoms with Crippen molar-refractivity contribution in [1.29, 1.82) is 0 Å². The molecule has 1 aromatic carbocycles. The second kappa shape index (κ2) is 6.29. The van der Waals surface area contributed by atoms with E-state index in [0.717, 1.165) is 24.3 Å². The lowest BCUT2D eigenvalue weighted by Gasteiger charge is -2.36. The van der Waals surface area contributed by atoms with Crippen molar-refractivity contribution in [2.45, 2.75) is 37.8 Å². The highest BCUT2D eigenvalue weighted by atomic mass is 19.4. The van der Waals surface area contributed by atoms with E-state index in [0.29, 0.717) is 17.7 Å². The van der Waals surface area contributed by atoms with Crippen molar-refractivity contribution in [2.24, 2.45) is 0 Å². The zero-order valence-corrected chi connectivity index (χ0v) is 11.7. The highest BCUT2D eigenvalue weighted by Crippen LogP contribution is 2.33. The Hall–Kier alpha value is -1.93. The number of amides is 1. The van der Waals surface area contributed by atoms with Crippen LogP contribution in [0.2, 0.25) is 0 Å². The van der Waals surface area contributed by atoms with Gasteiger partial charge in [-0.05, 0) is 37.5 Å². The Morgan fingerprint density at radius 1 is 1.13 bits per heavy atom. The molecule has 0 aromatic heterocycles. The van der Waals surface area contributed by atoms with Crippen LogP contribution in [-0.2, 0) is 0 Å². The Morgan fingerprint density at radius 3 is 2.43 bits per heavy atom. The summed E-state index contributed by atoms with van der Waals surface area (Å²) in [5, 5.41) is 0. The quantitative estimate of drug-likeness (QED) is 0.757. The second-order valence-corrected chi connectivity index (χ2v) is 5.13. The lowest BCUT2D eigenvalue weighted by atomic mass is 10.0. The number of likely N-dealkylation sites (tertiary alicyclic amines) is 1. The first kappa shape index (κ1) is 17.4. The van der Waals surface area contributed by atoms with E-state index in [1.807, 2.05) is 0 Å².